The molecule has 0 aliphatic carbocycles. The second kappa shape index (κ2) is 6.77. The smallest absolute Gasteiger partial charge is 0.317 e. The Morgan fingerprint density at radius 1 is 1.09 bits per heavy atom. The molecule has 3 amide bonds. The van der Waals surface area contributed by atoms with Gasteiger partial charge in [-0.25, -0.2) is 4.79 Å². The Hall–Kier alpha value is -2.11. The Kier molecular flexibility index (Phi) is 5.00. The van der Waals surface area contributed by atoms with Gasteiger partial charge in [-0.3, -0.25) is 9.78 Å². The summed E-state index contributed by atoms with van der Waals surface area (Å²) in [6, 6.07) is 5.25. The van der Waals surface area contributed by atoms with E-state index in [1.165, 1.54) is 0 Å². The predicted molar refractivity (Wildman–Crippen MR) is 84.6 cm³/mol. The molecule has 6 heteroatoms. The van der Waals surface area contributed by atoms with Gasteiger partial charge in [0.1, 0.15) is 5.69 Å². The topological polar surface area (TPSA) is 65.5 Å². The summed E-state index contributed by atoms with van der Waals surface area (Å²) in [6.45, 7) is 8.26. The molecule has 22 heavy (non-hydrogen) atoms. The highest BCUT2D eigenvalue weighted by molar-refractivity contribution is 5.92. The maximum atomic E-state index is 12.4. The average Bonchev–Trinajstić information content (AvgIpc) is 2.71. The summed E-state index contributed by atoms with van der Waals surface area (Å²) in [6.07, 6.45) is 2.39. The molecule has 0 aromatic carbocycles. The lowest BCUT2D eigenvalue weighted by Crippen LogP contribution is -2.49. The summed E-state index contributed by atoms with van der Waals surface area (Å²) in [4.78, 5) is 32.3. The number of carbonyl (C=O) groups excluding carboxylic acids is 2. The molecular weight excluding hydrogens is 280 g/mol. The zero-order valence-electron chi connectivity index (χ0n) is 13.5. The van der Waals surface area contributed by atoms with E-state index in [-0.39, 0.29) is 17.5 Å². The van der Waals surface area contributed by atoms with Gasteiger partial charge in [0.2, 0.25) is 0 Å². The van der Waals surface area contributed by atoms with Gasteiger partial charge < -0.3 is 15.1 Å². The highest BCUT2D eigenvalue weighted by Gasteiger charge is 2.25. The van der Waals surface area contributed by atoms with Gasteiger partial charge in [0.15, 0.2) is 0 Å². The molecule has 1 N–H and O–H groups in total. The van der Waals surface area contributed by atoms with E-state index in [0.717, 1.165) is 6.42 Å². The summed E-state index contributed by atoms with van der Waals surface area (Å²) in [5, 5.41) is 2.96. The van der Waals surface area contributed by atoms with Gasteiger partial charge in [-0.2, -0.15) is 0 Å². The normalized spacial score (nSPS) is 16.1. The number of pyridine rings is 1. The maximum absolute atomic E-state index is 12.4. The van der Waals surface area contributed by atoms with Crippen molar-refractivity contribution in [2.45, 2.75) is 32.7 Å². The van der Waals surface area contributed by atoms with Crippen molar-refractivity contribution in [1.82, 2.24) is 20.1 Å². The Labute approximate surface area is 131 Å². The number of carbonyl (C=O) groups is 2. The molecular formula is C16H24N4O2. The molecule has 2 rings (SSSR count). The van der Waals surface area contributed by atoms with Crippen molar-refractivity contribution >= 4 is 11.9 Å². The summed E-state index contributed by atoms with van der Waals surface area (Å²) in [5.74, 6) is -0.0707. The SMILES string of the molecule is CC(C)(C)NC(=O)N1CCCN(C(=O)c2ccccn2)CC1. The largest absolute Gasteiger partial charge is 0.335 e. The molecule has 0 saturated carbocycles. The zero-order chi connectivity index (χ0) is 16.2. The average molecular weight is 304 g/mol. The van der Waals surface area contributed by atoms with E-state index in [2.05, 4.69) is 10.3 Å². The fraction of sp³-hybridized carbons (Fsp3) is 0.562. The Balaban J connectivity index is 1.95. The number of hydrogen-bond donors (Lipinski definition) is 1. The van der Waals surface area contributed by atoms with E-state index in [1.54, 1.807) is 34.2 Å². The number of hydrogen-bond acceptors (Lipinski definition) is 3. The van der Waals surface area contributed by atoms with Gasteiger partial charge in [-0.1, -0.05) is 6.07 Å². The Morgan fingerprint density at radius 2 is 1.77 bits per heavy atom. The van der Waals surface area contributed by atoms with Crippen molar-refractivity contribution in [3.05, 3.63) is 30.1 Å². The first-order chi connectivity index (χ1) is 10.4. The highest BCUT2D eigenvalue weighted by Crippen LogP contribution is 2.09. The molecule has 0 atom stereocenters. The molecule has 0 spiro atoms. The van der Waals surface area contributed by atoms with Gasteiger partial charge in [0, 0.05) is 37.9 Å². The molecule has 0 bridgehead atoms. The maximum Gasteiger partial charge on any atom is 0.317 e. The minimum atomic E-state index is -0.257. The molecule has 120 valence electrons. The van der Waals surface area contributed by atoms with Crippen LogP contribution in [0.2, 0.25) is 0 Å². The Bertz CT molecular complexity index is 525. The van der Waals surface area contributed by atoms with E-state index in [4.69, 9.17) is 0 Å². The van der Waals surface area contributed by atoms with Gasteiger partial charge in [0.05, 0.1) is 0 Å². The van der Waals surface area contributed by atoms with Crippen LogP contribution in [0, 0.1) is 0 Å². The van der Waals surface area contributed by atoms with Gasteiger partial charge in [-0.15, -0.1) is 0 Å². The fourth-order valence-electron chi connectivity index (χ4n) is 2.37. The third-order valence-electron chi connectivity index (χ3n) is 3.44. The first-order valence-electron chi connectivity index (χ1n) is 7.64. The molecule has 1 aliphatic rings. The van der Waals surface area contributed by atoms with Crippen LogP contribution in [0.15, 0.2) is 24.4 Å². The van der Waals surface area contributed by atoms with Crippen LogP contribution in [0.5, 0.6) is 0 Å². The monoisotopic (exact) mass is 304 g/mol. The predicted octanol–water partition coefficient (Wildman–Crippen LogP) is 1.74. The van der Waals surface area contributed by atoms with Crippen molar-refractivity contribution in [3.8, 4) is 0 Å². The molecule has 1 aliphatic heterocycles. The van der Waals surface area contributed by atoms with E-state index in [1.807, 2.05) is 20.8 Å². The quantitative estimate of drug-likeness (QED) is 0.859. The molecule has 0 radical (unpaired) electrons. The highest BCUT2D eigenvalue weighted by atomic mass is 16.2. The third-order valence-corrected chi connectivity index (χ3v) is 3.44. The van der Waals surface area contributed by atoms with Crippen LogP contribution in [0.1, 0.15) is 37.7 Å². The van der Waals surface area contributed by atoms with E-state index >= 15 is 0 Å². The zero-order valence-corrected chi connectivity index (χ0v) is 13.5. The molecule has 0 unspecified atom stereocenters. The van der Waals surface area contributed by atoms with E-state index in [0.29, 0.717) is 31.9 Å². The summed E-state index contributed by atoms with van der Waals surface area (Å²) < 4.78 is 0. The van der Waals surface area contributed by atoms with Gasteiger partial charge >= 0.3 is 6.03 Å². The second-order valence-electron chi connectivity index (χ2n) is 6.53. The lowest BCUT2D eigenvalue weighted by Gasteiger charge is -2.27. The van der Waals surface area contributed by atoms with Crippen LogP contribution < -0.4 is 5.32 Å². The summed E-state index contributed by atoms with van der Waals surface area (Å²) in [5.41, 5.74) is 0.197. The molecule has 2 heterocycles. The van der Waals surface area contributed by atoms with Gasteiger partial charge in [0.25, 0.3) is 5.91 Å². The first-order valence-corrected chi connectivity index (χ1v) is 7.64. The van der Waals surface area contributed by atoms with Crippen molar-refractivity contribution in [2.24, 2.45) is 0 Å². The van der Waals surface area contributed by atoms with Crippen molar-refractivity contribution in [2.75, 3.05) is 26.2 Å². The Morgan fingerprint density at radius 3 is 2.41 bits per heavy atom. The number of aromatic nitrogens is 1. The lowest BCUT2D eigenvalue weighted by atomic mass is 10.1. The molecule has 1 aromatic rings. The van der Waals surface area contributed by atoms with Crippen LogP contribution in [0.25, 0.3) is 0 Å². The van der Waals surface area contributed by atoms with Gasteiger partial charge in [-0.05, 0) is 39.3 Å². The number of amides is 3. The first kappa shape index (κ1) is 16.3. The van der Waals surface area contributed by atoms with Crippen LogP contribution >= 0.6 is 0 Å². The van der Waals surface area contributed by atoms with Crippen LogP contribution in [-0.4, -0.2) is 58.4 Å². The summed E-state index contributed by atoms with van der Waals surface area (Å²) in [7, 11) is 0. The standard InChI is InChI=1S/C16H24N4O2/c1-16(2,3)18-15(22)20-10-6-9-19(11-12-20)14(21)13-7-4-5-8-17-13/h4-5,7-8H,6,9-12H2,1-3H3,(H,18,22). The fourth-order valence-corrected chi connectivity index (χ4v) is 2.37. The van der Waals surface area contributed by atoms with E-state index < -0.39 is 0 Å². The number of nitrogens with one attached hydrogen (secondary N) is 1. The number of rotatable bonds is 1. The molecule has 1 saturated heterocycles. The number of nitrogens with zero attached hydrogens (tertiary/aromatic N) is 3. The van der Waals surface area contributed by atoms with Crippen molar-refractivity contribution in [3.63, 3.8) is 0 Å². The van der Waals surface area contributed by atoms with Crippen molar-refractivity contribution in [1.29, 1.82) is 0 Å². The lowest BCUT2D eigenvalue weighted by molar-refractivity contribution is 0.0756. The van der Waals surface area contributed by atoms with Crippen LogP contribution in [0.4, 0.5) is 4.79 Å². The second-order valence-corrected chi connectivity index (χ2v) is 6.53. The summed E-state index contributed by atoms with van der Waals surface area (Å²) >= 11 is 0. The van der Waals surface area contributed by atoms with E-state index in [9.17, 15) is 9.59 Å². The number of urea groups is 1. The minimum Gasteiger partial charge on any atom is -0.335 e. The minimum absolute atomic E-state index is 0.0698. The molecule has 6 nitrogen and oxygen atoms in total. The third kappa shape index (κ3) is 4.44. The van der Waals surface area contributed by atoms with Crippen LogP contribution in [0.3, 0.4) is 0 Å². The molecule has 1 fully saturated rings. The van der Waals surface area contributed by atoms with Crippen LogP contribution in [-0.2, 0) is 0 Å². The molecule has 1 aromatic heterocycles. The van der Waals surface area contributed by atoms with Crippen molar-refractivity contribution < 1.29 is 9.59 Å².